The van der Waals surface area contributed by atoms with Gasteiger partial charge in [-0.3, -0.25) is 4.40 Å². The van der Waals surface area contributed by atoms with Crippen LogP contribution in [0.15, 0.2) is 35.9 Å². The smallest absolute Gasteiger partial charge is 0.154 e. The van der Waals surface area contributed by atoms with E-state index in [4.69, 9.17) is 4.98 Å². The molecule has 0 radical (unpaired) electrons. The van der Waals surface area contributed by atoms with Gasteiger partial charge in [-0.15, -0.1) is 0 Å². The Morgan fingerprint density at radius 2 is 2.21 bits per heavy atom. The molecule has 3 heterocycles. The Bertz CT molecular complexity index is 1060. The zero-order valence-corrected chi connectivity index (χ0v) is 13.9. The second-order valence-electron chi connectivity index (χ2n) is 7.13. The van der Waals surface area contributed by atoms with Crippen molar-refractivity contribution in [1.29, 1.82) is 0 Å². The first kappa shape index (κ1) is 13.2. The van der Waals surface area contributed by atoms with Crippen LogP contribution in [0, 0.1) is 0 Å². The Labute approximate surface area is 141 Å². The van der Waals surface area contributed by atoms with Crippen LogP contribution in [0.5, 0.6) is 0 Å². The Hall–Kier alpha value is -2.15. The lowest BCUT2D eigenvalue weighted by atomic mass is 10.0. The van der Waals surface area contributed by atoms with Crippen LogP contribution in [0.1, 0.15) is 37.9 Å². The zero-order valence-electron chi connectivity index (χ0n) is 13.1. The van der Waals surface area contributed by atoms with E-state index in [0.717, 1.165) is 54.6 Å². The average Bonchev–Trinajstić information content (AvgIpc) is 3.42. The molecule has 0 amide bonds. The van der Waals surface area contributed by atoms with Gasteiger partial charge in [0.1, 0.15) is 16.8 Å². The molecule has 3 aliphatic carbocycles. The molecule has 3 aromatic rings. The van der Waals surface area contributed by atoms with Crippen molar-refractivity contribution in [3.8, 4) is 0 Å². The number of hydrogen-bond donors (Lipinski definition) is 2. The molecule has 0 saturated heterocycles. The summed E-state index contributed by atoms with van der Waals surface area (Å²) in [7, 11) is -0.903. The molecule has 7 heteroatoms. The number of rotatable bonds is 4. The highest BCUT2D eigenvalue weighted by Crippen LogP contribution is 2.62. The molecule has 0 bridgehead atoms. The van der Waals surface area contributed by atoms with E-state index in [-0.39, 0.29) is 5.41 Å². The summed E-state index contributed by atoms with van der Waals surface area (Å²) in [6.07, 6.45) is 11.0. The summed E-state index contributed by atoms with van der Waals surface area (Å²) in [5, 5.41) is 0.365. The van der Waals surface area contributed by atoms with Gasteiger partial charge < -0.3 is 9.71 Å². The summed E-state index contributed by atoms with van der Waals surface area (Å²) in [6.45, 7) is 0. The molecule has 24 heavy (non-hydrogen) atoms. The molecule has 3 aromatic heterocycles. The van der Waals surface area contributed by atoms with Gasteiger partial charge in [-0.05, 0) is 43.7 Å². The predicted octanol–water partition coefficient (Wildman–Crippen LogP) is 2.32. The zero-order chi connectivity index (χ0) is 15.9. The van der Waals surface area contributed by atoms with Crippen LogP contribution in [-0.2, 0) is 16.4 Å². The predicted molar refractivity (Wildman–Crippen MR) is 91.7 cm³/mol. The molecule has 0 spiro atoms. The normalized spacial score (nSPS) is 27.0. The Balaban J connectivity index is 1.46. The van der Waals surface area contributed by atoms with Gasteiger partial charge in [0.05, 0.1) is 34.1 Å². The molecule has 0 aromatic carbocycles. The molecule has 6 nitrogen and oxygen atoms in total. The van der Waals surface area contributed by atoms with E-state index in [9.17, 15) is 4.21 Å². The summed E-state index contributed by atoms with van der Waals surface area (Å²) >= 11 is 0. The highest BCUT2D eigenvalue weighted by Gasteiger charge is 2.58. The second kappa shape index (κ2) is 4.27. The number of allylic oxidation sites excluding steroid dienone is 2. The first-order valence-electron chi connectivity index (χ1n) is 8.46. The third kappa shape index (κ3) is 1.63. The van der Waals surface area contributed by atoms with Crippen LogP contribution >= 0.6 is 0 Å². The third-order valence-corrected chi connectivity index (χ3v) is 7.16. The molecule has 2 atom stereocenters. The second-order valence-corrected chi connectivity index (χ2v) is 8.59. The Morgan fingerprint density at radius 1 is 1.33 bits per heavy atom. The highest BCUT2D eigenvalue weighted by molar-refractivity contribution is 7.84. The van der Waals surface area contributed by atoms with E-state index in [1.54, 1.807) is 0 Å². The molecule has 2 unspecified atom stereocenters. The molecule has 2 N–H and O–H groups in total. The van der Waals surface area contributed by atoms with E-state index in [1.807, 2.05) is 18.6 Å². The lowest BCUT2D eigenvalue weighted by Crippen LogP contribution is -2.19. The van der Waals surface area contributed by atoms with Crippen LogP contribution in [-0.4, -0.2) is 28.8 Å². The van der Waals surface area contributed by atoms with Crippen LogP contribution in [0.4, 0.5) is 0 Å². The molecule has 0 aliphatic heterocycles. The van der Waals surface area contributed by atoms with Crippen molar-refractivity contribution in [1.82, 2.24) is 24.1 Å². The fraction of sp³-hybridized carbons (Fsp3) is 0.412. The standard InChI is InChI=1S/C17H17N5OS/c23-24(11-1-2-11)21-13-3-5-17(7-12(13)17)16-20-9-10-8-19-15-14(22(10)16)4-6-18-15/h4,6,8-9,11,18,21H,1-3,5,7H2. The minimum atomic E-state index is -0.903. The number of fused-ring (bicyclic) bond motifs is 4. The molecule has 6 rings (SSSR count). The molecule has 2 saturated carbocycles. The van der Waals surface area contributed by atoms with Crippen molar-refractivity contribution in [2.75, 3.05) is 0 Å². The van der Waals surface area contributed by atoms with E-state index in [2.05, 4.69) is 25.2 Å². The average molecular weight is 339 g/mol. The van der Waals surface area contributed by atoms with E-state index >= 15 is 0 Å². The first-order valence-corrected chi connectivity index (χ1v) is 9.67. The Kier molecular flexibility index (Phi) is 2.35. The Morgan fingerprint density at radius 3 is 3.04 bits per heavy atom. The van der Waals surface area contributed by atoms with E-state index in [1.165, 1.54) is 11.3 Å². The van der Waals surface area contributed by atoms with Gasteiger partial charge in [-0.25, -0.2) is 14.2 Å². The van der Waals surface area contributed by atoms with Crippen molar-refractivity contribution < 1.29 is 4.21 Å². The SMILES string of the molecule is O=S(NC1=C2CC2(c2ncc3cnc4[nH]ccc4n23)CC1)C1CC1. The summed E-state index contributed by atoms with van der Waals surface area (Å²) in [6, 6.07) is 2.05. The van der Waals surface area contributed by atoms with Crippen LogP contribution < -0.4 is 4.72 Å². The van der Waals surface area contributed by atoms with Gasteiger partial charge in [0, 0.05) is 11.9 Å². The van der Waals surface area contributed by atoms with Gasteiger partial charge in [-0.2, -0.15) is 0 Å². The maximum Gasteiger partial charge on any atom is 0.154 e. The third-order valence-electron chi connectivity index (χ3n) is 5.64. The molecule has 3 aliphatic rings. The summed E-state index contributed by atoms with van der Waals surface area (Å²) in [5.41, 5.74) is 5.63. The van der Waals surface area contributed by atoms with Gasteiger partial charge >= 0.3 is 0 Å². The molecule has 2 fully saturated rings. The number of H-pyrrole nitrogens is 1. The molecular weight excluding hydrogens is 322 g/mol. The number of aromatic amines is 1. The van der Waals surface area contributed by atoms with Crippen molar-refractivity contribution >= 4 is 27.7 Å². The van der Waals surface area contributed by atoms with Gasteiger partial charge in [0.2, 0.25) is 0 Å². The van der Waals surface area contributed by atoms with E-state index < -0.39 is 11.0 Å². The van der Waals surface area contributed by atoms with Gasteiger partial charge in [0.25, 0.3) is 0 Å². The van der Waals surface area contributed by atoms with Crippen molar-refractivity contribution in [2.24, 2.45) is 0 Å². The van der Waals surface area contributed by atoms with Crippen LogP contribution in [0.2, 0.25) is 0 Å². The number of nitrogens with one attached hydrogen (secondary N) is 2. The summed E-state index contributed by atoms with van der Waals surface area (Å²) in [4.78, 5) is 12.4. The van der Waals surface area contributed by atoms with E-state index in [0.29, 0.717) is 5.25 Å². The minimum absolute atomic E-state index is 0.0358. The quantitative estimate of drug-likeness (QED) is 0.766. The monoisotopic (exact) mass is 339 g/mol. The van der Waals surface area contributed by atoms with Crippen molar-refractivity contribution in [2.45, 2.75) is 42.8 Å². The highest BCUT2D eigenvalue weighted by atomic mass is 32.2. The summed E-state index contributed by atoms with van der Waals surface area (Å²) < 4.78 is 17.7. The topological polar surface area (TPSA) is 75.1 Å². The number of hydrogen-bond acceptors (Lipinski definition) is 3. The largest absolute Gasteiger partial charge is 0.345 e. The minimum Gasteiger partial charge on any atom is -0.345 e. The van der Waals surface area contributed by atoms with Crippen LogP contribution in [0.3, 0.4) is 0 Å². The van der Waals surface area contributed by atoms with Crippen molar-refractivity contribution in [3.63, 3.8) is 0 Å². The molecular formula is C17H17N5OS. The lowest BCUT2D eigenvalue weighted by molar-refractivity contribution is 0.620. The number of aromatic nitrogens is 4. The fourth-order valence-electron chi connectivity index (χ4n) is 4.12. The molecule has 122 valence electrons. The number of nitrogens with zero attached hydrogens (tertiary/aromatic N) is 3. The first-order chi connectivity index (χ1) is 11.8. The maximum absolute atomic E-state index is 12.2. The van der Waals surface area contributed by atoms with Crippen LogP contribution in [0.25, 0.3) is 16.7 Å². The fourth-order valence-corrected chi connectivity index (χ4v) is 5.32. The summed E-state index contributed by atoms with van der Waals surface area (Å²) in [5.74, 6) is 1.11. The van der Waals surface area contributed by atoms with Crippen molar-refractivity contribution in [3.05, 3.63) is 41.8 Å². The lowest BCUT2D eigenvalue weighted by Gasteiger charge is -2.11. The van der Waals surface area contributed by atoms with Gasteiger partial charge in [0.15, 0.2) is 5.65 Å². The maximum atomic E-state index is 12.2. The number of imidazole rings is 1. The van der Waals surface area contributed by atoms with Gasteiger partial charge in [-0.1, -0.05) is 0 Å².